The number of nitrogens with zero attached hydrogens (tertiary/aromatic N) is 1. The first-order valence-corrected chi connectivity index (χ1v) is 9.86. The lowest BCUT2D eigenvalue weighted by Crippen LogP contribution is -2.19. The number of aromatic nitrogens is 1. The molecule has 1 aromatic heterocycles. The van der Waals surface area contributed by atoms with Gasteiger partial charge in [-0.3, -0.25) is 9.59 Å². The minimum Gasteiger partial charge on any atom is -0.441 e. The molecule has 1 aliphatic rings. The van der Waals surface area contributed by atoms with Crippen molar-refractivity contribution in [3.05, 3.63) is 64.1 Å². The van der Waals surface area contributed by atoms with Gasteiger partial charge in [0.05, 0.1) is 11.2 Å². The molecule has 0 saturated carbocycles. The molecule has 1 aliphatic heterocycles. The van der Waals surface area contributed by atoms with Gasteiger partial charge in [0, 0.05) is 41.2 Å². The number of aryl methyl sites for hydroxylation is 2. The van der Waals surface area contributed by atoms with Crippen LogP contribution in [0, 0.1) is 0 Å². The molecule has 0 spiro atoms. The molecular weight excluding hydrogens is 413 g/mol. The minimum atomic E-state index is -0.144. The molecule has 3 aromatic rings. The number of hydrogen-bond acceptors (Lipinski definition) is 4. The number of carbonyl (C=O) groups is 2. The van der Waals surface area contributed by atoms with E-state index >= 15 is 0 Å². The van der Waals surface area contributed by atoms with Gasteiger partial charge in [-0.05, 0) is 48.4 Å². The first-order chi connectivity index (χ1) is 14.0. The van der Waals surface area contributed by atoms with Crippen LogP contribution in [0.15, 0.2) is 47.0 Å². The molecule has 2 N–H and O–H groups in total. The van der Waals surface area contributed by atoms with Crippen LogP contribution in [0.25, 0.3) is 11.3 Å². The van der Waals surface area contributed by atoms with Crippen molar-refractivity contribution in [1.29, 1.82) is 0 Å². The van der Waals surface area contributed by atoms with Crippen molar-refractivity contribution >= 4 is 46.4 Å². The summed E-state index contributed by atoms with van der Waals surface area (Å²) in [4.78, 5) is 27.9. The van der Waals surface area contributed by atoms with Crippen molar-refractivity contribution in [3.8, 4) is 11.3 Å². The first-order valence-electron chi connectivity index (χ1n) is 9.11. The fourth-order valence-corrected chi connectivity index (χ4v) is 3.65. The summed E-state index contributed by atoms with van der Waals surface area (Å²) in [7, 11) is 0. The Bertz CT molecular complexity index is 1090. The van der Waals surface area contributed by atoms with Gasteiger partial charge in [0.2, 0.25) is 11.8 Å². The number of anilines is 2. The number of amides is 2. The summed E-state index contributed by atoms with van der Waals surface area (Å²) in [5.41, 5.74) is 3.21. The average Bonchev–Trinajstić information content (AvgIpc) is 3.15. The molecule has 0 aliphatic carbocycles. The topological polar surface area (TPSA) is 84.2 Å². The number of hydrogen-bond donors (Lipinski definition) is 2. The Kier molecular flexibility index (Phi) is 5.56. The number of nitrogens with one attached hydrogen (secondary N) is 2. The smallest absolute Gasteiger partial charge is 0.224 e. The van der Waals surface area contributed by atoms with Gasteiger partial charge in [-0.15, -0.1) is 0 Å². The van der Waals surface area contributed by atoms with Gasteiger partial charge in [0.1, 0.15) is 0 Å². The van der Waals surface area contributed by atoms with E-state index in [1.807, 2.05) is 6.07 Å². The molecule has 2 aromatic carbocycles. The van der Waals surface area contributed by atoms with Crippen LogP contribution in [-0.2, 0) is 22.4 Å². The predicted molar refractivity (Wildman–Crippen MR) is 112 cm³/mol. The van der Waals surface area contributed by atoms with Gasteiger partial charge in [-0.1, -0.05) is 23.2 Å². The molecule has 0 unspecified atom stereocenters. The maximum Gasteiger partial charge on any atom is 0.224 e. The van der Waals surface area contributed by atoms with Crippen molar-refractivity contribution in [3.63, 3.8) is 0 Å². The Morgan fingerprint density at radius 2 is 2.03 bits per heavy atom. The lowest BCUT2D eigenvalue weighted by molar-refractivity contribution is -0.117. The molecule has 0 fully saturated rings. The SMILES string of the molecule is O=C(CCc1ncc(-c2ccc(Cl)cc2Cl)o1)Nc1ccc2c(c1)CCC(=O)N2. The maximum atomic E-state index is 12.3. The van der Waals surface area contributed by atoms with E-state index in [-0.39, 0.29) is 18.2 Å². The van der Waals surface area contributed by atoms with Crippen LogP contribution in [0.5, 0.6) is 0 Å². The van der Waals surface area contributed by atoms with Gasteiger partial charge in [0.25, 0.3) is 0 Å². The minimum absolute atomic E-state index is 0.0134. The summed E-state index contributed by atoms with van der Waals surface area (Å²) in [5, 5.41) is 6.71. The lowest BCUT2D eigenvalue weighted by atomic mass is 10.0. The summed E-state index contributed by atoms with van der Waals surface area (Å²) >= 11 is 12.1. The molecule has 8 heteroatoms. The summed E-state index contributed by atoms with van der Waals surface area (Å²) in [6, 6.07) is 10.6. The van der Waals surface area contributed by atoms with Crippen LogP contribution in [-0.4, -0.2) is 16.8 Å². The van der Waals surface area contributed by atoms with Crippen molar-refractivity contribution in [2.45, 2.75) is 25.7 Å². The Labute approximate surface area is 177 Å². The number of halogens is 2. The third kappa shape index (κ3) is 4.60. The zero-order valence-corrected chi connectivity index (χ0v) is 16.8. The zero-order valence-electron chi connectivity index (χ0n) is 15.3. The number of fused-ring (bicyclic) bond motifs is 1. The standard InChI is InChI=1S/C21H17Cl2N3O3/c22-13-2-4-15(16(23)10-13)18-11-24-21(29-18)8-7-19(27)25-14-3-5-17-12(9-14)1-6-20(28)26-17/h2-5,9-11H,1,6-8H2,(H,25,27)(H,26,28). The van der Waals surface area contributed by atoms with Crippen LogP contribution in [0.1, 0.15) is 24.3 Å². The van der Waals surface area contributed by atoms with E-state index in [2.05, 4.69) is 15.6 Å². The van der Waals surface area contributed by atoms with Crippen LogP contribution >= 0.6 is 23.2 Å². The van der Waals surface area contributed by atoms with Gasteiger partial charge in [0.15, 0.2) is 11.7 Å². The van der Waals surface area contributed by atoms with Crippen molar-refractivity contribution in [1.82, 2.24) is 4.98 Å². The van der Waals surface area contributed by atoms with E-state index in [0.29, 0.717) is 52.2 Å². The second-order valence-electron chi connectivity index (χ2n) is 6.71. The summed E-state index contributed by atoms with van der Waals surface area (Å²) in [5.74, 6) is 0.849. The van der Waals surface area contributed by atoms with E-state index in [4.69, 9.17) is 27.6 Å². The molecule has 2 amide bonds. The Morgan fingerprint density at radius 1 is 1.17 bits per heavy atom. The molecule has 0 bridgehead atoms. The molecule has 0 saturated heterocycles. The molecule has 4 rings (SSSR count). The monoisotopic (exact) mass is 429 g/mol. The highest BCUT2D eigenvalue weighted by Gasteiger charge is 2.16. The summed E-state index contributed by atoms with van der Waals surface area (Å²) < 4.78 is 5.72. The molecular formula is C21H17Cl2N3O3. The van der Waals surface area contributed by atoms with Gasteiger partial charge < -0.3 is 15.1 Å². The molecule has 6 nitrogen and oxygen atoms in total. The maximum absolute atomic E-state index is 12.3. The van der Waals surface area contributed by atoms with Gasteiger partial charge >= 0.3 is 0 Å². The first kappa shape index (κ1) is 19.5. The fraction of sp³-hybridized carbons (Fsp3) is 0.190. The third-order valence-electron chi connectivity index (χ3n) is 4.60. The molecule has 0 atom stereocenters. The molecule has 29 heavy (non-hydrogen) atoms. The lowest BCUT2D eigenvalue weighted by Gasteiger charge is -2.17. The fourth-order valence-electron chi connectivity index (χ4n) is 3.14. The molecule has 2 heterocycles. The zero-order chi connectivity index (χ0) is 20.4. The number of rotatable bonds is 5. The number of carbonyl (C=O) groups excluding carboxylic acids is 2. The van der Waals surface area contributed by atoms with Gasteiger partial charge in [-0.25, -0.2) is 4.98 Å². The predicted octanol–water partition coefficient (Wildman–Crippen LogP) is 5.10. The second-order valence-corrected chi connectivity index (χ2v) is 7.55. The van der Waals surface area contributed by atoms with E-state index in [0.717, 1.165) is 11.3 Å². The normalized spacial score (nSPS) is 13.0. The second kappa shape index (κ2) is 8.27. The van der Waals surface area contributed by atoms with Crippen molar-refractivity contribution < 1.29 is 14.0 Å². The quantitative estimate of drug-likeness (QED) is 0.590. The number of oxazole rings is 1. The summed E-state index contributed by atoms with van der Waals surface area (Å²) in [6.07, 6.45) is 3.28. The largest absolute Gasteiger partial charge is 0.441 e. The third-order valence-corrected chi connectivity index (χ3v) is 5.15. The van der Waals surface area contributed by atoms with E-state index < -0.39 is 0 Å². The van der Waals surface area contributed by atoms with Gasteiger partial charge in [-0.2, -0.15) is 0 Å². The Morgan fingerprint density at radius 3 is 2.86 bits per heavy atom. The van der Waals surface area contributed by atoms with Crippen molar-refractivity contribution in [2.24, 2.45) is 0 Å². The Hall–Kier alpha value is -2.83. The van der Waals surface area contributed by atoms with Crippen LogP contribution < -0.4 is 10.6 Å². The average molecular weight is 430 g/mol. The van der Waals surface area contributed by atoms with E-state index in [1.165, 1.54) is 0 Å². The van der Waals surface area contributed by atoms with Crippen LogP contribution in [0.2, 0.25) is 10.0 Å². The highest BCUT2D eigenvalue weighted by atomic mass is 35.5. The highest BCUT2D eigenvalue weighted by Crippen LogP contribution is 2.31. The summed E-state index contributed by atoms with van der Waals surface area (Å²) in [6.45, 7) is 0. The molecule has 148 valence electrons. The highest BCUT2D eigenvalue weighted by molar-refractivity contribution is 6.36. The van der Waals surface area contributed by atoms with Crippen molar-refractivity contribution in [2.75, 3.05) is 10.6 Å². The number of benzene rings is 2. The van der Waals surface area contributed by atoms with Crippen LogP contribution in [0.3, 0.4) is 0 Å². The van der Waals surface area contributed by atoms with E-state index in [9.17, 15) is 9.59 Å². The van der Waals surface area contributed by atoms with Crippen LogP contribution in [0.4, 0.5) is 11.4 Å². The molecule has 0 radical (unpaired) electrons. The Balaban J connectivity index is 1.36. The van der Waals surface area contributed by atoms with E-state index in [1.54, 1.807) is 36.5 Å².